The number of nitrogens with zero attached hydrogens (tertiary/aromatic N) is 1. The average Bonchev–Trinajstić information content (AvgIpc) is 2.27. The van der Waals surface area contributed by atoms with Gasteiger partial charge in [-0.25, -0.2) is 8.42 Å². The van der Waals surface area contributed by atoms with Crippen molar-refractivity contribution in [3.05, 3.63) is 40.5 Å². The van der Waals surface area contributed by atoms with Crippen molar-refractivity contribution < 1.29 is 26.7 Å². The van der Waals surface area contributed by atoms with Gasteiger partial charge in [-0.3, -0.25) is 4.72 Å². The van der Waals surface area contributed by atoms with Gasteiger partial charge in [0.1, 0.15) is 11.8 Å². The number of sulfonamides is 1. The van der Waals surface area contributed by atoms with Crippen molar-refractivity contribution in [1.82, 2.24) is 0 Å². The van der Waals surface area contributed by atoms with Crippen LogP contribution in [0.2, 0.25) is 0 Å². The third kappa shape index (κ3) is 5.24. The van der Waals surface area contributed by atoms with E-state index in [2.05, 4.69) is 0 Å². The van der Waals surface area contributed by atoms with Crippen LogP contribution in [-0.2, 0) is 16.2 Å². The van der Waals surface area contributed by atoms with Crippen LogP contribution in [0.15, 0.2) is 34.9 Å². The number of rotatable bonds is 3. The van der Waals surface area contributed by atoms with Crippen molar-refractivity contribution in [3.63, 3.8) is 0 Å². The molecular formula is C11H10F3N2NaO3S. The van der Waals surface area contributed by atoms with Gasteiger partial charge < -0.3 is 5.11 Å². The molecular weight excluding hydrogens is 320 g/mol. The van der Waals surface area contributed by atoms with Gasteiger partial charge in [-0.1, -0.05) is 0 Å². The Hall–Kier alpha value is -1.21. The summed E-state index contributed by atoms with van der Waals surface area (Å²) in [5, 5.41) is 17.7. The summed E-state index contributed by atoms with van der Waals surface area (Å²) in [6.07, 6.45) is -4.53. The van der Waals surface area contributed by atoms with E-state index in [0.717, 1.165) is 19.1 Å². The van der Waals surface area contributed by atoms with Crippen LogP contribution >= 0.6 is 0 Å². The number of aliphatic hydroxyl groups excluding tert-OH is 1. The fourth-order valence-electron chi connectivity index (χ4n) is 1.27. The van der Waals surface area contributed by atoms with Gasteiger partial charge in [-0.05, 0) is 31.2 Å². The molecule has 0 aliphatic rings. The number of benzene rings is 1. The van der Waals surface area contributed by atoms with Gasteiger partial charge in [-0.15, -0.1) is 0 Å². The number of allylic oxidation sites excluding steroid dienone is 2. The first-order valence-electron chi connectivity index (χ1n) is 5.08. The first kappa shape index (κ1) is 19.8. The van der Waals surface area contributed by atoms with Gasteiger partial charge in [0.05, 0.1) is 5.56 Å². The van der Waals surface area contributed by atoms with Crippen molar-refractivity contribution in [2.75, 3.05) is 4.72 Å². The van der Waals surface area contributed by atoms with Gasteiger partial charge in [0.25, 0.3) is 10.0 Å². The molecule has 0 saturated heterocycles. The van der Waals surface area contributed by atoms with Gasteiger partial charge in [0.15, 0.2) is 0 Å². The number of aliphatic hydroxyl groups is 1. The molecule has 1 aromatic rings. The van der Waals surface area contributed by atoms with Crippen molar-refractivity contribution in [2.45, 2.75) is 13.1 Å². The number of hydrogen-bond donors (Lipinski definition) is 2. The molecule has 1 aromatic carbocycles. The second-order valence-electron chi connectivity index (χ2n) is 3.71. The number of anilines is 1. The van der Waals surface area contributed by atoms with Crippen molar-refractivity contribution in [1.29, 1.82) is 5.26 Å². The zero-order valence-corrected chi connectivity index (χ0v) is 10.9. The monoisotopic (exact) mass is 330 g/mol. The van der Waals surface area contributed by atoms with E-state index in [1.54, 1.807) is 0 Å². The molecule has 0 aromatic heterocycles. The normalized spacial score (nSPS) is 12.7. The molecule has 110 valence electrons. The van der Waals surface area contributed by atoms with Crippen LogP contribution in [0.1, 0.15) is 12.5 Å². The molecule has 0 aliphatic heterocycles. The van der Waals surface area contributed by atoms with E-state index in [4.69, 9.17) is 10.4 Å². The molecule has 0 bridgehead atoms. The second kappa shape index (κ2) is 7.17. The number of nitriles is 1. The van der Waals surface area contributed by atoms with Crippen LogP contribution < -0.4 is 4.72 Å². The molecule has 0 saturated carbocycles. The molecule has 0 atom stereocenters. The molecule has 2 N–H and O–H groups in total. The minimum absolute atomic E-state index is 0. The second-order valence-corrected chi connectivity index (χ2v) is 5.33. The number of halogens is 3. The predicted molar refractivity (Wildman–Crippen MR) is 72.1 cm³/mol. The van der Waals surface area contributed by atoms with Gasteiger partial charge >= 0.3 is 35.7 Å². The first-order valence-corrected chi connectivity index (χ1v) is 6.56. The fraction of sp³-hybridized carbons (Fsp3) is 0.182. The summed E-state index contributed by atoms with van der Waals surface area (Å²) < 4.78 is 62.2. The Balaban J connectivity index is 0.00000400. The SMILES string of the molecule is C/C(O)=C(\C#N)S(=O)(=O)Nc1ccc(C(F)(F)F)cc1.[NaH]. The summed E-state index contributed by atoms with van der Waals surface area (Å²) in [7, 11) is -4.34. The van der Waals surface area contributed by atoms with Crippen LogP contribution in [0.3, 0.4) is 0 Å². The Bertz CT molecular complexity index is 672. The predicted octanol–water partition coefficient (Wildman–Crippen LogP) is 2.11. The van der Waals surface area contributed by atoms with Crippen LogP contribution in [-0.4, -0.2) is 43.1 Å². The third-order valence-corrected chi connectivity index (χ3v) is 3.59. The first-order chi connectivity index (χ1) is 9.08. The third-order valence-electron chi connectivity index (χ3n) is 2.16. The minimum atomic E-state index is -4.53. The van der Waals surface area contributed by atoms with E-state index >= 15 is 0 Å². The Labute approximate surface area is 141 Å². The van der Waals surface area contributed by atoms with Crippen molar-refractivity contribution in [3.8, 4) is 6.07 Å². The zero-order chi connectivity index (χ0) is 15.6. The molecule has 1 rings (SSSR count). The molecule has 21 heavy (non-hydrogen) atoms. The molecule has 0 spiro atoms. The number of nitrogens with one attached hydrogen (secondary N) is 1. The zero-order valence-electron chi connectivity index (χ0n) is 10.1. The molecule has 0 aliphatic carbocycles. The van der Waals surface area contributed by atoms with Crippen LogP contribution in [0.25, 0.3) is 0 Å². The molecule has 0 amide bonds. The Morgan fingerprint density at radius 2 is 1.76 bits per heavy atom. The van der Waals surface area contributed by atoms with Crippen LogP contribution in [0, 0.1) is 11.3 Å². The Kier molecular flexibility index (Phi) is 6.76. The summed E-state index contributed by atoms with van der Waals surface area (Å²) in [5.41, 5.74) is -1.10. The molecule has 5 nitrogen and oxygen atoms in total. The number of alkyl halides is 3. The summed E-state index contributed by atoms with van der Waals surface area (Å²) in [4.78, 5) is -0.905. The summed E-state index contributed by atoms with van der Waals surface area (Å²) in [6, 6.07) is 4.49. The molecule has 10 heteroatoms. The van der Waals surface area contributed by atoms with Gasteiger partial charge in [-0.2, -0.15) is 18.4 Å². The topological polar surface area (TPSA) is 90.2 Å². The summed E-state index contributed by atoms with van der Waals surface area (Å²) in [5.74, 6) is -0.716. The van der Waals surface area contributed by atoms with Crippen molar-refractivity contribution in [2.24, 2.45) is 0 Å². The standard InChI is InChI=1S/C11H9F3N2O3S.Na.H/c1-7(17)10(6-15)20(18,19)16-9-4-2-8(3-5-9)11(12,13)14;;/h2-5,16-17H,1H3;;/b10-7-;;. The van der Waals surface area contributed by atoms with E-state index in [1.807, 2.05) is 4.72 Å². The van der Waals surface area contributed by atoms with E-state index in [9.17, 15) is 21.6 Å². The van der Waals surface area contributed by atoms with E-state index in [-0.39, 0.29) is 35.2 Å². The van der Waals surface area contributed by atoms with Gasteiger partial charge in [0.2, 0.25) is 4.91 Å². The quantitative estimate of drug-likeness (QED) is 0.504. The summed E-state index contributed by atoms with van der Waals surface area (Å²) in [6.45, 7) is 1.00. The van der Waals surface area contributed by atoms with Crippen molar-refractivity contribution >= 4 is 45.3 Å². The maximum atomic E-state index is 12.3. The molecule has 0 heterocycles. The van der Waals surface area contributed by atoms with Crippen LogP contribution in [0.5, 0.6) is 0 Å². The Morgan fingerprint density at radius 3 is 2.10 bits per heavy atom. The van der Waals surface area contributed by atoms with Gasteiger partial charge in [0, 0.05) is 5.69 Å². The summed E-state index contributed by atoms with van der Waals surface area (Å²) >= 11 is 0. The van der Waals surface area contributed by atoms with E-state index in [1.165, 1.54) is 6.07 Å². The molecule has 0 unspecified atom stereocenters. The Morgan fingerprint density at radius 1 is 1.29 bits per heavy atom. The van der Waals surface area contributed by atoms with Crippen LogP contribution in [0.4, 0.5) is 18.9 Å². The molecule has 0 fully saturated rings. The van der Waals surface area contributed by atoms with E-state index < -0.39 is 32.4 Å². The number of hydrogen-bond acceptors (Lipinski definition) is 4. The molecule has 0 radical (unpaired) electrons. The average molecular weight is 330 g/mol. The fourth-order valence-corrected chi connectivity index (χ4v) is 2.33. The maximum absolute atomic E-state index is 12.3. The van der Waals surface area contributed by atoms with E-state index in [0.29, 0.717) is 12.1 Å².